The van der Waals surface area contributed by atoms with E-state index in [1.807, 2.05) is 48.5 Å². The molecular formula is C20H22ClNO2. The molecule has 0 aliphatic rings. The van der Waals surface area contributed by atoms with E-state index in [0.29, 0.717) is 6.54 Å². The maximum atomic E-state index is 10.1. The van der Waals surface area contributed by atoms with Crippen LogP contribution in [0.5, 0.6) is 5.75 Å². The minimum Gasteiger partial charge on any atom is -0.490 e. The van der Waals surface area contributed by atoms with Gasteiger partial charge in [-0.15, -0.1) is 12.4 Å². The SMILES string of the molecule is Cl.O[C@@H](CNCc1ccccc1)COc1cccc2ccccc12. The van der Waals surface area contributed by atoms with Gasteiger partial charge in [0.1, 0.15) is 18.5 Å². The fourth-order valence-electron chi connectivity index (χ4n) is 2.55. The molecule has 0 unspecified atom stereocenters. The van der Waals surface area contributed by atoms with Gasteiger partial charge in [-0.3, -0.25) is 0 Å². The number of ether oxygens (including phenoxy) is 1. The summed E-state index contributed by atoms with van der Waals surface area (Å²) in [6, 6.07) is 24.2. The average molecular weight is 344 g/mol. The number of fused-ring (bicyclic) bond motifs is 1. The van der Waals surface area contributed by atoms with Crippen molar-refractivity contribution in [2.24, 2.45) is 0 Å². The molecule has 0 spiro atoms. The Morgan fingerprint density at radius 3 is 2.42 bits per heavy atom. The summed E-state index contributed by atoms with van der Waals surface area (Å²) < 4.78 is 5.79. The molecule has 3 nitrogen and oxygen atoms in total. The molecule has 4 heteroatoms. The van der Waals surface area contributed by atoms with Crippen LogP contribution < -0.4 is 10.1 Å². The van der Waals surface area contributed by atoms with E-state index in [1.165, 1.54) is 5.56 Å². The van der Waals surface area contributed by atoms with Crippen molar-refractivity contribution in [3.63, 3.8) is 0 Å². The summed E-state index contributed by atoms with van der Waals surface area (Å²) in [7, 11) is 0. The first-order chi connectivity index (χ1) is 11.3. The molecule has 0 saturated heterocycles. The summed E-state index contributed by atoms with van der Waals surface area (Å²) in [6.45, 7) is 1.52. The maximum absolute atomic E-state index is 10.1. The largest absolute Gasteiger partial charge is 0.490 e. The van der Waals surface area contributed by atoms with Crippen molar-refractivity contribution in [2.45, 2.75) is 12.6 Å². The molecule has 0 bridgehead atoms. The molecule has 0 aromatic heterocycles. The summed E-state index contributed by atoms with van der Waals surface area (Å²) in [5.41, 5.74) is 1.20. The van der Waals surface area contributed by atoms with Gasteiger partial charge in [0.15, 0.2) is 0 Å². The standard InChI is InChI=1S/C20H21NO2.ClH/c22-18(14-21-13-16-7-2-1-3-8-16)15-23-20-12-6-10-17-9-4-5-11-19(17)20;/h1-12,18,21-22H,13-15H2;1H/t18-;/m0./s1. The maximum Gasteiger partial charge on any atom is 0.127 e. The summed E-state index contributed by atoms with van der Waals surface area (Å²) >= 11 is 0. The molecule has 126 valence electrons. The van der Waals surface area contributed by atoms with Gasteiger partial charge in [-0.25, -0.2) is 0 Å². The van der Waals surface area contributed by atoms with E-state index in [4.69, 9.17) is 4.74 Å². The number of rotatable bonds is 7. The van der Waals surface area contributed by atoms with E-state index in [9.17, 15) is 5.11 Å². The fraction of sp³-hybridized carbons (Fsp3) is 0.200. The summed E-state index contributed by atoms with van der Waals surface area (Å²) in [6.07, 6.45) is -0.544. The van der Waals surface area contributed by atoms with Gasteiger partial charge in [0.05, 0.1) is 0 Å². The lowest BCUT2D eigenvalue weighted by Gasteiger charge is -2.14. The second kappa shape index (κ2) is 9.28. The van der Waals surface area contributed by atoms with Gasteiger partial charge in [0.2, 0.25) is 0 Å². The molecule has 0 amide bonds. The zero-order valence-corrected chi connectivity index (χ0v) is 14.2. The van der Waals surface area contributed by atoms with Crippen LogP contribution in [0.2, 0.25) is 0 Å². The Kier molecular flexibility index (Phi) is 7.07. The second-order valence-electron chi connectivity index (χ2n) is 5.56. The van der Waals surface area contributed by atoms with Gasteiger partial charge in [0, 0.05) is 18.5 Å². The van der Waals surface area contributed by atoms with Crippen LogP contribution in [0.1, 0.15) is 5.56 Å². The van der Waals surface area contributed by atoms with E-state index in [-0.39, 0.29) is 19.0 Å². The Balaban J connectivity index is 0.00000208. The lowest BCUT2D eigenvalue weighted by atomic mass is 10.1. The number of aliphatic hydroxyl groups excluding tert-OH is 1. The molecule has 1 atom stereocenters. The minimum atomic E-state index is -0.544. The highest BCUT2D eigenvalue weighted by Gasteiger charge is 2.07. The summed E-state index contributed by atoms with van der Waals surface area (Å²) in [5, 5.41) is 15.5. The molecule has 0 fully saturated rings. The van der Waals surface area contributed by atoms with Crippen LogP contribution in [0.15, 0.2) is 72.8 Å². The van der Waals surface area contributed by atoms with Crippen LogP contribution in [-0.2, 0) is 6.54 Å². The van der Waals surface area contributed by atoms with E-state index in [0.717, 1.165) is 23.1 Å². The third-order valence-corrected chi connectivity index (χ3v) is 3.73. The van der Waals surface area contributed by atoms with Crippen molar-refractivity contribution in [1.82, 2.24) is 5.32 Å². The molecular weight excluding hydrogens is 322 g/mol. The van der Waals surface area contributed by atoms with E-state index in [2.05, 4.69) is 29.6 Å². The Bertz CT molecular complexity index is 743. The zero-order valence-electron chi connectivity index (χ0n) is 13.4. The van der Waals surface area contributed by atoms with Gasteiger partial charge in [-0.05, 0) is 17.0 Å². The van der Waals surface area contributed by atoms with Crippen molar-refractivity contribution >= 4 is 23.2 Å². The van der Waals surface area contributed by atoms with Crippen LogP contribution >= 0.6 is 12.4 Å². The van der Waals surface area contributed by atoms with Crippen LogP contribution in [0.25, 0.3) is 10.8 Å². The molecule has 0 heterocycles. The van der Waals surface area contributed by atoms with Crippen LogP contribution in [0.4, 0.5) is 0 Å². The molecule has 2 N–H and O–H groups in total. The van der Waals surface area contributed by atoms with Crippen LogP contribution in [0.3, 0.4) is 0 Å². The van der Waals surface area contributed by atoms with E-state index < -0.39 is 6.10 Å². The molecule has 24 heavy (non-hydrogen) atoms. The molecule has 0 aliphatic heterocycles. The Morgan fingerprint density at radius 2 is 1.58 bits per heavy atom. The first-order valence-electron chi connectivity index (χ1n) is 7.86. The first-order valence-corrected chi connectivity index (χ1v) is 7.86. The average Bonchev–Trinajstić information content (AvgIpc) is 2.61. The van der Waals surface area contributed by atoms with Gasteiger partial charge in [0.25, 0.3) is 0 Å². The number of halogens is 1. The van der Waals surface area contributed by atoms with Gasteiger partial charge < -0.3 is 15.2 Å². The summed E-state index contributed by atoms with van der Waals surface area (Å²) in [5.74, 6) is 0.810. The van der Waals surface area contributed by atoms with E-state index >= 15 is 0 Å². The van der Waals surface area contributed by atoms with Crippen LogP contribution in [0, 0.1) is 0 Å². The normalized spacial score (nSPS) is 11.7. The molecule has 0 radical (unpaired) electrons. The van der Waals surface area contributed by atoms with Crippen molar-refractivity contribution in [2.75, 3.05) is 13.2 Å². The van der Waals surface area contributed by atoms with Crippen molar-refractivity contribution in [3.05, 3.63) is 78.4 Å². The number of aliphatic hydroxyl groups is 1. The fourth-order valence-corrected chi connectivity index (χ4v) is 2.55. The highest BCUT2D eigenvalue weighted by Crippen LogP contribution is 2.25. The quantitative estimate of drug-likeness (QED) is 0.685. The topological polar surface area (TPSA) is 41.5 Å². The van der Waals surface area contributed by atoms with Gasteiger partial charge in [-0.1, -0.05) is 66.7 Å². The lowest BCUT2D eigenvalue weighted by Crippen LogP contribution is -2.31. The Labute approximate surface area is 148 Å². The number of benzene rings is 3. The Morgan fingerprint density at radius 1 is 0.875 bits per heavy atom. The molecule has 3 aromatic rings. The number of hydrogen-bond donors (Lipinski definition) is 2. The van der Waals surface area contributed by atoms with Crippen molar-refractivity contribution < 1.29 is 9.84 Å². The molecule has 0 saturated carbocycles. The lowest BCUT2D eigenvalue weighted by molar-refractivity contribution is 0.107. The molecule has 3 aromatic carbocycles. The van der Waals surface area contributed by atoms with E-state index in [1.54, 1.807) is 0 Å². The van der Waals surface area contributed by atoms with Gasteiger partial charge >= 0.3 is 0 Å². The number of hydrogen-bond acceptors (Lipinski definition) is 3. The predicted molar refractivity (Wildman–Crippen MR) is 101 cm³/mol. The molecule has 3 rings (SSSR count). The zero-order chi connectivity index (χ0) is 15.9. The van der Waals surface area contributed by atoms with Gasteiger partial charge in [-0.2, -0.15) is 0 Å². The third kappa shape index (κ3) is 4.96. The predicted octanol–water partition coefficient (Wildman–Crippen LogP) is 3.79. The highest BCUT2D eigenvalue weighted by molar-refractivity contribution is 5.88. The van der Waals surface area contributed by atoms with Crippen molar-refractivity contribution in [3.8, 4) is 5.75 Å². The summed E-state index contributed by atoms with van der Waals surface area (Å²) in [4.78, 5) is 0. The number of nitrogens with one attached hydrogen (secondary N) is 1. The smallest absolute Gasteiger partial charge is 0.127 e. The first kappa shape index (κ1) is 18.3. The third-order valence-electron chi connectivity index (χ3n) is 3.73. The van der Waals surface area contributed by atoms with Crippen molar-refractivity contribution in [1.29, 1.82) is 0 Å². The highest BCUT2D eigenvalue weighted by atomic mass is 35.5. The Hall–Kier alpha value is -2.07. The second-order valence-corrected chi connectivity index (χ2v) is 5.56. The monoisotopic (exact) mass is 343 g/mol. The minimum absolute atomic E-state index is 0. The van der Waals surface area contributed by atoms with Crippen LogP contribution in [-0.4, -0.2) is 24.4 Å². The molecule has 0 aliphatic carbocycles.